The van der Waals surface area contributed by atoms with Gasteiger partial charge in [-0.2, -0.15) is 0 Å². The van der Waals surface area contributed by atoms with Crippen LogP contribution in [-0.4, -0.2) is 71.3 Å². The lowest BCUT2D eigenvalue weighted by Crippen LogP contribution is -2.49. The topological polar surface area (TPSA) is 42.5 Å². The van der Waals surface area contributed by atoms with Crippen molar-refractivity contribution in [2.45, 2.75) is 43.9 Å². The smallest absolute Gasteiger partial charge is 0.283 e. The van der Waals surface area contributed by atoms with Crippen LogP contribution in [0.3, 0.4) is 0 Å². The van der Waals surface area contributed by atoms with E-state index in [4.69, 9.17) is 0 Å². The molecule has 4 nitrogen and oxygen atoms in total. The summed E-state index contributed by atoms with van der Waals surface area (Å²) in [6.07, 6.45) is -0.0353. The van der Waals surface area contributed by atoms with Gasteiger partial charge in [0.15, 0.2) is 0 Å². The second kappa shape index (κ2) is 10.1. The maximum atomic E-state index is 15.2. The van der Waals surface area contributed by atoms with Crippen molar-refractivity contribution in [1.82, 2.24) is 14.8 Å². The number of nitrogens with one attached hydrogen (secondary N) is 1. The first-order valence-electron chi connectivity index (χ1n) is 12.7. The number of fused-ring (bicyclic) bond motifs is 3. The van der Waals surface area contributed by atoms with E-state index in [1.54, 1.807) is 17.0 Å². The van der Waals surface area contributed by atoms with Crippen LogP contribution in [-0.2, 0) is 6.42 Å². The molecule has 0 spiro atoms. The Morgan fingerprint density at radius 2 is 1.83 bits per heavy atom. The van der Waals surface area contributed by atoms with Gasteiger partial charge in [0.05, 0.1) is 19.3 Å². The molecule has 0 amide bonds. The molecule has 0 saturated carbocycles. The molecule has 3 atom stereocenters. The van der Waals surface area contributed by atoms with Crippen LogP contribution in [0.2, 0.25) is 0 Å². The third kappa shape index (κ3) is 4.78. The lowest BCUT2D eigenvalue weighted by molar-refractivity contribution is -0.0864. The van der Waals surface area contributed by atoms with Crippen LogP contribution >= 0.6 is 0 Å². The van der Waals surface area contributed by atoms with E-state index in [1.165, 1.54) is 0 Å². The predicted molar refractivity (Wildman–Crippen MR) is 133 cm³/mol. The van der Waals surface area contributed by atoms with E-state index < -0.39 is 31.3 Å². The zero-order chi connectivity index (χ0) is 25.4. The highest BCUT2D eigenvalue weighted by Crippen LogP contribution is 2.42. The monoisotopic (exact) mass is 503 g/mol. The van der Waals surface area contributed by atoms with Crippen molar-refractivity contribution in [3.63, 3.8) is 0 Å². The number of aromatic amines is 1. The van der Waals surface area contributed by atoms with Gasteiger partial charge in [-0.1, -0.05) is 42.5 Å². The van der Waals surface area contributed by atoms with Gasteiger partial charge in [-0.15, -0.1) is 0 Å². The highest BCUT2D eigenvalue weighted by atomic mass is 19.3. The Hall–Kier alpha value is -2.42. The molecular weight excluding hydrogens is 470 g/mol. The highest BCUT2D eigenvalue weighted by Gasteiger charge is 2.42. The second-order valence-corrected chi connectivity index (χ2v) is 10.3. The van der Waals surface area contributed by atoms with Gasteiger partial charge in [0.1, 0.15) is 12.8 Å². The average molecular weight is 504 g/mol. The Morgan fingerprint density at radius 3 is 2.53 bits per heavy atom. The van der Waals surface area contributed by atoms with Gasteiger partial charge in [-0.3, -0.25) is 9.29 Å². The molecule has 2 aromatic carbocycles. The van der Waals surface area contributed by atoms with Crippen molar-refractivity contribution in [3.8, 4) is 0 Å². The molecule has 3 aromatic rings. The summed E-state index contributed by atoms with van der Waals surface area (Å²) in [5.41, 5.74) is 4.31. The molecule has 0 unspecified atom stereocenters. The van der Waals surface area contributed by atoms with Crippen LogP contribution < -0.4 is 0 Å². The van der Waals surface area contributed by atoms with E-state index in [-0.39, 0.29) is 18.6 Å². The van der Waals surface area contributed by atoms with Crippen molar-refractivity contribution in [2.75, 3.05) is 39.5 Å². The Bertz CT molecular complexity index is 1180. The molecule has 3 heterocycles. The van der Waals surface area contributed by atoms with Crippen LogP contribution in [0.4, 0.5) is 17.6 Å². The number of hydrogen-bond donors (Lipinski definition) is 2. The summed E-state index contributed by atoms with van der Waals surface area (Å²) < 4.78 is 56.4. The van der Waals surface area contributed by atoms with Crippen LogP contribution in [0.15, 0.2) is 48.5 Å². The molecule has 5 rings (SSSR count). The van der Waals surface area contributed by atoms with Crippen molar-refractivity contribution in [1.29, 1.82) is 0 Å². The Labute approximate surface area is 208 Å². The maximum absolute atomic E-state index is 15.2. The molecule has 0 aliphatic carbocycles. The number of hydrogen-bond acceptors (Lipinski definition) is 3. The summed E-state index contributed by atoms with van der Waals surface area (Å²) in [7, 11) is 0. The number of halogens is 4. The van der Waals surface area contributed by atoms with Crippen LogP contribution in [0, 0.1) is 5.92 Å². The number of para-hydroxylation sites is 1. The number of aliphatic hydroxyl groups is 1. The molecule has 1 fully saturated rings. The van der Waals surface area contributed by atoms with Crippen LogP contribution in [0.5, 0.6) is 0 Å². The summed E-state index contributed by atoms with van der Waals surface area (Å²) >= 11 is 0. The minimum absolute atomic E-state index is 0.120. The Balaban J connectivity index is 1.44. The van der Waals surface area contributed by atoms with Gasteiger partial charge in [0, 0.05) is 48.2 Å². The third-order valence-corrected chi connectivity index (χ3v) is 7.74. The minimum Gasteiger partial charge on any atom is -0.390 e. The number of aromatic nitrogens is 1. The number of alkyl halides is 4. The maximum Gasteiger partial charge on any atom is 0.283 e. The quantitative estimate of drug-likeness (QED) is 0.383. The van der Waals surface area contributed by atoms with Crippen molar-refractivity contribution < 1.29 is 22.7 Å². The lowest BCUT2D eigenvalue weighted by atomic mass is 9.86. The second-order valence-electron chi connectivity index (χ2n) is 10.3. The van der Waals surface area contributed by atoms with E-state index in [0.29, 0.717) is 38.0 Å². The van der Waals surface area contributed by atoms with Crippen molar-refractivity contribution >= 4 is 10.9 Å². The molecule has 0 bridgehead atoms. The highest BCUT2D eigenvalue weighted by molar-refractivity contribution is 5.85. The summed E-state index contributed by atoms with van der Waals surface area (Å²) in [5.74, 6) is -3.36. The zero-order valence-corrected chi connectivity index (χ0v) is 20.4. The van der Waals surface area contributed by atoms with Crippen LogP contribution in [0.1, 0.15) is 47.9 Å². The summed E-state index contributed by atoms with van der Waals surface area (Å²) in [6.45, 7) is 1.67. The molecule has 1 saturated heterocycles. The van der Waals surface area contributed by atoms with E-state index >= 15 is 4.39 Å². The fraction of sp³-hybridized carbons (Fsp3) is 0.500. The van der Waals surface area contributed by atoms with Gasteiger partial charge in [-0.05, 0) is 42.5 Å². The third-order valence-electron chi connectivity index (χ3n) is 7.74. The van der Waals surface area contributed by atoms with Gasteiger partial charge in [-0.25, -0.2) is 13.2 Å². The molecule has 2 N–H and O–H groups in total. The number of aliphatic hydroxyl groups excluding tert-OH is 1. The van der Waals surface area contributed by atoms with E-state index in [9.17, 15) is 18.3 Å². The van der Waals surface area contributed by atoms with Crippen molar-refractivity contribution in [2.24, 2.45) is 5.92 Å². The van der Waals surface area contributed by atoms with Crippen molar-refractivity contribution in [3.05, 3.63) is 70.9 Å². The molecule has 0 radical (unpaired) electrons. The first-order chi connectivity index (χ1) is 17.3. The molecule has 194 valence electrons. The molecule has 36 heavy (non-hydrogen) atoms. The van der Waals surface area contributed by atoms with E-state index in [1.807, 2.05) is 43.3 Å². The number of likely N-dealkylation sites (tertiary alicyclic amines) is 1. The largest absolute Gasteiger partial charge is 0.390 e. The summed E-state index contributed by atoms with van der Waals surface area (Å²) in [4.78, 5) is 7.26. The predicted octanol–water partition coefficient (Wildman–Crippen LogP) is 5.43. The van der Waals surface area contributed by atoms with E-state index in [0.717, 1.165) is 27.7 Å². The zero-order valence-electron chi connectivity index (χ0n) is 20.4. The summed E-state index contributed by atoms with van der Waals surface area (Å²) in [6, 6.07) is 14.5. The molecular formula is C28H33F4N3O. The fourth-order valence-electron chi connectivity index (χ4n) is 5.82. The van der Waals surface area contributed by atoms with Crippen LogP contribution in [0.25, 0.3) is 10.9 Å². The number of nitrogens with zero attached hydrogens (tertiary/aromatic N) is 2. The molecule has 2 aliphatic heterocycles. The van der Waals surface area contributed by atoms with Gasteiger partial charge in [0.25, 0.3) is 5.92 Å². The Kier molecular flexibility index (Phi) is 7.12. The summed E-state index contributed by atoms with van der Waals surface area (Å²) in [5, 5.41) is 10.4. The van der Waals surface area contributed by atoms with E-state index in [2.05, 4.69) is 9.88 Å². The number of H-pyrrole nitrogens is 1. The minimum atomic E-state index is -3.24. The lowest BCUT2D eigenvalue weighted by Gasteiger charge is -2.42. The van der Waals surface area contributed by atoms with Gasteiger partial charge in [0.2, 0.25) is 0 Å². The average Bonchev–Trinajstić information content (AvgIpc) is 3.21. The fourth-order valence-corrected chi connectivity index (χ4v) is 5.82. The molecule has 8 heteroatoms. The first-order valence-corrected chi connectivity index (χ1v) is 12.7. The Morgan fingerprint density at radius 1 is 1.11 bits per heavy atom. The standard InChI is InChI=1S/C28H33F4N3O/c1-18-13-23-22-5-2-3-6-24(22)33-26(23)27(35(18)16-28(31,32)17-36)20-9-7-19(8-10-20)25(30)21-14-34(15-21)12-4-11-29/h2-3,5-10,18,21,25,27,33,36H,4,11-17H2,1H3/t18-,25+,27-/m1/s1. The van der Waals surface area contributed by atoms with Gasteiger partial charge < -0.3 is 15.0 Å². The van der Waals surface area contributed by atoms with Gasteiger partial charge >= 0.3 is 0 Å². The number of rotatable bonds is 9. The molecule has 1 aromatic heterocycles. The normalized spacial score (nSPS) is 22.5. The number of benzene rings is 2. The molecule has 2 aliphatic rings. The SMILES string of the molecule is C[C@@H]1Cc2c([nH]c3ccccc23)[C@@H](c2ccc([C@H](F)C3CN(CCCF)C3)cc2)N1CC(F)(F)CO. The first kappa shape index (κ1) is 25.2.